The summed E-state index contributed by atoms with van der Waals surface area (Å²) in [5.74, 6) is 0. The lowest BCUT2D eigenvalue weighted by Gasteiger charge is -1.86. The van der Waals surface area contributed by atoms with Crippen molar-refractivity contribution >= 4 is 6.08 Å². The van der Waals surface area contributed by atoms with E-state index in [2.05, 4.69) is 42.1 Å². The topological polar surface area (TPSA) is 3.88 Å². The highest BCUT2D eigenvalue weighted by Gasteiger charge is 1.86. The predicted octanol–water partition coefficient (Wildman–Crippen LogP) is 8.84. The highest BCUT2D eigenvalue weighted by molar-refractivity contribution is 5.47. The van der Waals surface area contributed by atoms with E-state index in [1.807, 2.05) is 119 Å². The minimum atomic E-state index is 1.06. The molecule has 0 saturated heterocycles. The van der Waals surface area contributed by atoms with Crippen LogP contribution in [0.1, 0.15) is 88.6 Å². The molecule has 0 aliphatic carbocycles. The smallest absolute Gasteiger partial charge is 0.168 e. The molecule has 0 N–H and O–H groups in total. The molecule has 0 radical (unpaired) electrons. The molecule has 1 nitrogen and oxygen atoms in total. The number of rotatable bonds is 2. The molecule has 1 heterocycles. The summed E-state index contributed by atoms with van der Waals surface area (Å²) in [5.41, 5.74) is 1.26. The van der Waals surface area contributed by atoms with Gasteiger partial charge in [-0.15, -0.1) is 0 Å². The summed E-state index contributed by atoms with van der Waals surface area (Å²) < 4.78 is 2.12. The number of aromatic nitrogens is 1. The molecule has 0 aliphatic rings. The second-order valence-electron chi connectivity index (χ2n) is 3.62. The number of hydrogen-bond acceptors (Lipinski definition) is 0. The third-order valence-electron chi connectivity index (χ3n) is 2.30. The van der Waals surface area contributed by atoms with Gasteiger partial charge in [0.25, 0.3) is 0 Å². The Morgan fingerprint density at radius 1 is 0.630 bits per heavy atom. The average molecular weight is 377 g/mol. The molecule has 0 saturated carbocycles. The van der Waals surface area contributed by atoms with E-state index >= 15 is 0 Å². The molecule has 158 valence electrons. The van der Waals surface area contributed by atoms with Crippen LogP contribution in [-0.4, -0.2) is 0 Å². The van der Waals surface area contributed by atoms with E-state index < -0.39 is 0 Å². The molecule has 0 bridgehead atoms. The molecular formula is C26H50N+. The molecule has 0 aliphatic heterocycles. The van der Waals surface area contributed by atoms with Crippen LogP contribution >= 0.6 is 0 Å². The Balaban J connectivity index is -0.0000000822. The fraction of sp³-hybridized carbons (Fsp3) is 0.500. The summed E-state index contributed by atoms with van der Waals surface area (Å²) in [6, 6.07) is 16.3. The first-order valence-electron chi connectivity index (χ1n) is 11.0. The van der Waals surface area contributed by atoms with Gasteiger partial charge < -0.3 is 0 Å². The maximum Gasteiger partial charge on any atom is 0.168 e. The molecule has 0 spiro atoms. The van der Waals surface area contributed by atoms with E-state index in [1.165, 1.54) is 5.56 Å². The summed E-state index contributed by atoms with van der Waals surface area (Å²) in [6.45, 7) is 25.2. The van der Waals surface area contributed by atoms with Crippen molar-refractivity contribution in [3.8, 4) is 0 Å². The molecule has 0 atom stereocenters. The number of hydrogen-bond donors (Lipinski definition) is 0. The molecule has 2 rings (SSSR count). The summed E-state index contributed by atoms with van der Waals surface area (Å²) in [5, 5.41) is 0. The van der Waals surface area contributed by atoms with Crippen molar-refractivity contribution in [3.05, 3.63) is 72.6 Å². The Morgan fingerprint density at radius 2 is 1.00 bits per heavy atom. The molecule has 0 unspecified atom stereocenters. The van der Waals surface area contributed by atoms with Gasteiger partial charge in [-0.2, -0.15) is 0 Å². The SMILES string of the molecule is C/C=C/c1ccccc1.CC.CC.CC.CC.CC.CC[n+]1ccccc1. The van der Waals surface area contributed by atoms with Gasteiger partial charge in [0.1, 0.15) is 6.54 Å². The maximum atomic E-state index is 2.12. The third-order valence-corrected chi connectivity index (χ3v) is 2.30. The zero-order chi connectivity index (χ0) is 22.3. The second-order valence-corrected chi connectivity index (χ2v) is 3.62. The van der Waals surface area contributed by atoms with Gasteiger partial charge in [0.05, 0.1) is 0 Å². The Labute approximate surface area is 173 Å². The van der Waals surface area contributed by atoms with Crippen LogP contribution in [0.15, 0.2) is 67.0 Å². The van der Waals surface area contributed by atoms with Gasteiger partial charge >= 0.3 is 0 Å². The highest BCUT2D eigenvalue weighted by atomic mass is 14.9. The molecular weight excluding hydrogens is 326 g/mol. The largest absolute Gasteiger partial charge is 0.205 e. The fourth-order valence-electron chi connectivity index (χ4n) is 1.40. The first kappa shape index (κ1) is 36.1. The van der Waals surface area contributed by atoms with E-state index in [-0.39, 0.29) is 0 Å². The lowest BCUT2D eigenvalue weighted by atomic mass is 10.2. The zero-order valence-corrected chi connectivity index (χ0v) is 20.6. The third kappa shape index (κ3) is 32.3. The Bertz CT molecular complexity index is 418. The molecule has 27 heavy (non-hydrogen) atoms. The van der Waals surface area contributed by atoms with Crippen LogP contribution in [0.25, 0.3) is 6.08 Å². The van der Waals surface area contributed by atoms with Gasteiger partial charge in [-0.3, -0.25) is 0 Å². The predicted molar refractivity (Wildman–Crippen MR) is 130 cm³/mol. The molecule has 1 heteroatoms. The van der Waals surface area contributed by atoms with Crippen LogP contribution in [0.4, 0.5) is 0 Å². The quantitative estimate of drug-likeness (QED) is 0.461. The monoisotopic (exact) mass is 376 g/mol. The van der Waals surface area contributed by atoms with Crippen LogP contribution in [0.5, 0.6) is 0 Å². The first-order chi connectivity index (χ1) is 13.4. The highest BCUT2D eigenvalue weighted by Crippen LogP contribution is 1.99. The minimum Gasteiger partial charge on any atom is -0.205 e. The number of allylic oxidation sites excluding steroid dienone is 1. The maximum absolute atomic E-state index is 2.12. The van der Waals surface area contributed by atoms with Gasteiger partial charge in [-0.1, -0.05) is 118 Å². The van der Waals surface area contributed by atoms with Gasteiger partial charge in [0.2, 0.25) is 0 Å². The van der Waals surface area contributed by atoms with Gasteiger partial charge in [-0.05, 0) is 19.4 Å². The molecule has 2 aromatic rings. The summed E-state index contributed by atoms with van der Waals surface area (Å²) in [4.78, 5) is 0. The van der Waals surface area contributed by atoms with Crippen LogP contribution < -0.4 is 4.57 Å². The van der Waals surface area contributed by atoms with Crippen molar-refractivity contribution in [2.24, 2.45) is 0 Å². The number of benzene rings is 1. The standard InChI is InChI=1S/C9H10.C7H10N.5C2H6/c1-2-6-9-7-4-3-5-8-9;1-2-8-6-4-3-5-7-8;5*1-2/h2-8H,1H3;3-7H,2H2,1H3;5*1-2H3/q;+1;;;;;/b6-2+;;;;;;. The normalized spacial score (nSPS) is 7.26. The number of aryl methyl sites for hydroxylation is 1. The number of nitrogens with zero attached hydrogens (tertiary/aromatic N) is 1. The van der Waals surface area contributed by atoms with Gasteiger partial charge in [-0.25, -0.2) is 4.57 Å². The van der Waals surface area contributed by atoms with Gasteiger partial charge in [0, 0.05) is 12.1 Å². The van der Waals surface area contributed by atoms with Crippen molar-refractivity contribution in [3.63, 3.8) is 0 Å². The molecule has 1 aromatic heterocycles. The lowest BCUT2D eigenvalue weighted by Crippen LogP contribution is -2.30. The van der Waals surface area contributed by atoms with E-state index in [1.54, 1.807) is 0 Å². The molecule has 1 aromatic carbocycles. The van der Waals surface area contributed by atoms with Crippen molar-refractivity contribution in [1.82, 2.24) is 0 Å². The first-order valence-corrected chi connectivity index (χ1v) is 11.0. The number of pyridine rings is 1. The van der Waals surface area contributed by atoms with Crippen molar-refractivity contribution in [2.45, 2.75) is 89.6 Å². The Hall–Kier alpha value is -1.89. The van der Waals surface area contributed by atoms with Crippen molar-refractivity contribution in [1.29, 1.82) is 0 Å². The Kier molecular flexibility index (Phi) is 58.8. The molecule has 0 amide bonds. The average Bonchev–Trinajstić information content (AvgIpc) is 2.82. The minimum absolute atomic E-state index is 1.06. The van der Waals surface area contributed by atoms with Crippen LogP contribution in [0, 0.1) is 0 Å². The van der Waals surface area contributed by atoms with E-state index in [0.29, 0.717) is 0 Å². The summed E-state index contributed by atoms with van der Waals surface area (Å²) in [7, 11) is 0. The molecule has 0 fully saturated rings. The van der Waals surface area contributed by atoms with Crippen LogP contribution in [-0.2, 0) is 6.54 Å². The van der Waals surface area contributed by atoms with E-state index in [4.69, 9.17) is 0 Å². The second kappa shape index (κ2) is 44.0. The van der Waals surface area contributed by atoms with E-state index in [9.17, 15) is 0 Å². The summed E-state index contributed by atoms with van der Waals surface area (Å²) in [6.07, 6.45) is 8.23. The van der Waals surface area contributed by atoms with E-state index in [0.717, 1.165) is 6.54 Å². The Morgan fingerprint density at radius 3 is 1.30 bits per heavy atom. The summed E-state index contributed by atoms with van der Waals surface area (Å²) >= 11 is 0. The lowest BCUT2D eigenvalue weighted by molar-refractivity contribution is -0.693. The van der Waals surface area contributed by atoms with Gasteiger partial charge in [0.15, 0.2) is 12.4 Å². The van der Waals surface area contributed by atoms with Crippen molar-refractivity contribution < 1.29 is 4.57 Å². The van der Waals surface area contributed by atoms with Crippen molar-refractivity contribution in [2.75, 3.05) is 0 Å². The fourth-order valence-corrected chi connectivity index (χ4v) is 1.40. The zero-order valence-electron chi connectivity index (χ0n) is 20.6. The van der Waals surface area contributed by atoms with Crippen LogP contribution in [0.3, 0.4) is 0 Å². The van der Waals surface area contributed by atoms with Crippen LogP contribution in [0.2, 0.25) is 0 Å².